The van der Waals surface area contributed by atoms with Gasteiger partial charge in [-0.1, -0.05) is 0 Å². The van der Waals surface area contributed by atoms with E-state index < -0.39 is 22.2 Å². The van der Waals surface area contributed by atoms with Crippen LogP contribution >= 0.6 is 0 Å². The molecule has 0 radical (unpaired) electrons. The summed E-state index contributed by atoms with van der Waals surface area (Å²) in [4.78, 5) is 22.3. The number of nitro groups is 1. The molecular weight excluding hydrogens is 258 g/mol. The number of rotatable bonds is 3. The smallest absolute Gasteiger partial charge is 0.295 e. The molecule has 0 aliphatic carbocycles. The molecule has 1 aromatic carbocycles. The Morgan fingerprint density at radius 2 is 2.16 bits per heavy atom. The van der Waals surface area contributed by atoms with Crippen LogP contribution in [0.25, 0.3) is 0 Å². The van der Waals surface area contributed by atoms with Gasteiger partial charge in [0, 0.05) is 25.1 Å². The lowest BCUT2D eigenvalue weighted by atomic mass is 9.99. The van der Waals surface area contributed by atoms with Crippen LogP contribution in [0.3, 0.4) is 0 Å². The van der Waals surface area contributed by atoms with Gasteiger partial charge >= 0.3 is 0 Å². The number of anilines is 1. The summed E-state index contributed by atoms with van der Waals surface area (Å²) in [6.07, 6.45) is 2.01. The highest BCUT2D eigenvalue weighted by atomic mass is 19.2. The van der Waals surface area contributed by atoms with E-state index in [1.165, 1.54) is 4.90 Å². The third kappa shape index (κ3) is 2.54. The molecule has 0 N–H and O–H groups in total. The molecular formula is C12H12F2N2O3. The van der Waals surface area contributed by atoms with E-state index in [9.17, 15) is 23.7 Å². The SMILES string of the molecule is O=CC1CCCN(c2c([N+](=O)[O-])ccc(F)c2F)C1. The first-order valence-electron chi connectivity index (χ1n) is 5.87. The predicted octanol–water partition coefficient (Wildman–Crippen LogP) is 2.29. The number of hydrogen-bond donors (Lipinski definition) is 0. The Bertz CT molecular complexity index is 522. The molecule has 0 saturated carbocycles. The van der Waals surface area contributed by atoms with Gasteiger partial charge in [-0.25, -0.2) is 8.78 Å². The van der Waals surface area contributed by atoms with Gasteiger partial charge in [-0.3, -0.25) is 10.1 Å². The largest absolute Gasteiger partial charge is 0.363 e. The summed E-state index contributed by atoms with van der Waals surface area (Å²) in [6, 6.07) is 1.68. The number of nitrogens with zero attached hydrogens (tertiary/aromatic N) is 2. The number of nitro benzene ring substituents is 1. The van der Waals surface area contributed by atoms with E-state index in [-0.39, 0.29) is 18.2 Å². The Morgan fingerprint density at radius 3 is 2.79 bits per heavy atom. The Balaban J connectivity index is 2.44. The van der Waals surface area contributed by atoms with Gasteiger partial charge in [-0.2, -0.15) is 0 Å². The molecule has 7 heteroatoms. The fourth-order valence-electron chi connectivity index (χ4n) is 2.30. The molecule has 1 fully saturated rings. The second-order valence-corrected chi connectivity index (χ2v) is 4.47. The van der Waals surface area contributed by atoms with E-state index in [0.717, 1.165) is 18.4 Å². The average molecular weight is 270 g/mol. The summed E-state index contributed by atoms with van der Waals surface area (Å²) in [5.74, 6) is -2.68. The molecule has 2 rings (SSSR count). The fourth-order valence-corrected chi connectivity index (χ4v) is 2.30. The minimum atomic E-state index is -1.24. The molecule has 0 bridgehead atoms. The third-order valence-corrected chi connectivity index (χ3v) is 3.21. The van der Waals surface area contributed by atoms with Crippen LogP contribution in [-0.4, -0.2) is 24.3 Å². The Labute approximate surface area is 108 Å². The van der Waals surface area contributed by atoms with Crippen LogP contribution in [0.1, 0.15) is 12.8 Å². The molecule has 1 aliphatic rings. The predicted molar refractivity (Wildman–Crippen MR) is 64.0 cm³/mol. The Hall–Kier alpha value is -2.05. The summed E-state index contributed by atoms with van der Waals surface area (Å²) in [5, 5.41) is 10.9. The molecule has 1 atom stereocenters. The van der Waals surface area contributed by atoms with E-state index in [0.29, 0.717) is 19.4 Å². The standard InChI is InChI=1S/C12H12F2N2O3/c13-9-3-4-10(16(18)19)12(11(9)14)15-5-1-2-8(6-15)7-17/h3-4,7-8H,1-2,5-6H2. The van der Waals surface area contributed by atoms with E-state index in [1.807, 2.05) is 0 Å². The van der Waals surface area contributed by atoms with Crippen LogP contribution in [-0.2, 0) is 4.79 Å². The summed E-state index contributed by atoms with van der Waals surface area (Å²) in [5.41, 5.74) is -0.845. The van der Waals surface area contributed by atoms with Gasteiger partial charge in [0.1, 0.15) is 6.29 Å². The molecule has 1 saturated heterocycles. The summed E-state index contributed by atoms with van der Waals surface area (Å²) < 4.78 is 27.1. The Morgan fingerprint density at radius 1 is 1.42 bits per heavy atom. The molecule has 0 amide bonds. The van der Waals surface area contributed by atoms with E-state index in [4.69, 9.17) is 0 Å². The highest BCUT2D eigenvalue weighted by molar-refractivity contribution is 5.66. The van der Waals surface area contributed by atoms with Crippen molar-refractivity contribution in [2.45, 2.75) is 12.8 Å². The first-order valence-corrected chi connectivity index (χ1v) is 5.87. The van der Waals surface area contributed by atoms with Gasteiger partial charge in [0.05, 0.1) is 4.92 Å². The van der Waals surface area contributed by atoms with Gasteiger partial charge in [-0.05, 0) is 18.9 Å². The van der Waals surface area contributed by atoms with Crippen molar-refractivity contribution in [3.63, 3.8) is 0 Å². The van der Waals surface area contributed by atoms with Crippen LogP contribution in [0.4, 0.5) is 20.2 Å². The maximum Gasteiger partial charge on any atom is 0.295 e. The number of carbonyl (C=O) groups excluding carboxylic acids is 1. The number of halogens is 2. The number of aldehydes is 1. The summed E-state index contributed by atoms with van der Waals surface area (Å²) >= 11 is 0. The lowest BCUT2D eigenvalue weighted by Gasteiger charge is -2.31. The zero-order chi connectivity index (χ0) is 14.0. The number of hydrogen-bond acceptors (Lipinski definition) is 4. The number of carbonyl (C=O) groups is 1. The minimum absolute atomic E-state index is 0.171. The van der Waals surface area contributed by atoms with Crippen molar-refractivity contribution in [1.82, 2.24) is 0 Å². The maximum atomic E-state index is 13.8. The second kappa shape index (κ2) is 5.29. The van der Waals surface area contributed by atoms with Crippen LogP contribution in [0.2, 0.25) is 0 Å². The molecule has 0 aromatic heterocycles. The van der Waals surface area contributed by atoms with Crippen molar-refractivity contribution >= 4 is 17.7 Å². The second-order valence-electron chi connectivity index (χ2n) is 4.47. The normalized spacial score (nSPS) is 19.3. The van der Waals surface area contributed by atoms with Crippen molar-refractivity contribution in [3.8, 4) is 0 Å². The molecule has 1 aromatic rings. The van der Waals surface area contributed by atoms with Crippen molar-refractivity contribution in [3.05, 3.63) is 33.9 Å². The first-order chi connectivity index (χ1) is 9.04. The van der Waals surface area contributed by atoms with Crippen LogP contribution in [0.5, 0.6) is 0 Å². The molecule has 102 valence electrons. The van der Waals surface area contributed by atoms with E-state index in [2.05, 4.69) is 0 Å². The van der Waals surface area contributed by atoms with Crippen molar-refractivity contribution < 1.29 is 18.5 Å². The summed E-state index contributed by atoms with van der Waals surface area (Å²) in [6.45, 7) is 0.538. The topological polar surface area (TPSA) is 63.5 Å². The molecule has 1 heterocycles. The number of benzene rings is 1. The first kappa shape index (κ1) is 13.4. The fraction of sp³-hybridized carbons (Fsp3) is 0.417. The van der Waals surface area contributed by atoms with Gasteiger partial charge in [0.2, 0.25) is 0 Å². The molecule has 19 heavy (non-hydrogen) atoms. The molecule has 5 nitrogen and oxygen atoms in total. The highest BCUT2D eigenvalue weighted by Gasteiger charge is 2.29. The maximum absolute atomic E-state index is 13.8. The van der Waals surface area contributed by atoms with Gasteiger partial charge in [0.25, 0.3) is 5.69 Å². The van der Waals surface area contributed by atoms with Gasteiger partial charge < -0.3 is 9.69 Å². The minimum Gasteiger partial charge on any atom is -0.363 e. The molecule has 1 unspecified atom stereocenters. The molecule has 0 spiro atoms. The Kier molecular flexibility index (Phi) is 3.73. The quantitative estimate of drug-likeness (QED) is 0.480. The van der Waals surface area contributed by atoms with Crippen LogP contribution < -0.4 is 4.90 Å². The lowest BCUT2D eigenvalue weighted by Crippen LogP contribution is -2.37. The lowest BCUT2D eigenvalue weighted by molar-refractivity contribution is -0.384. The van der Waals surface area contributed by atoms with Crippen LogP contribution in [0.15, 0.2) is 12.1 Å². The van der Waals surface area contributed by atoms with Crippen molar-refractivity contribution in [2.75, 3.05) is 18.0 Å². The highest BCUT2D eigenvalue weighted by Crippen LogP contribution is 2.34. The van der Waals surface area contributed by atoms with Crippen molar-refractivity contribution in [1.29, 1.82) is 0 Å². The van der Waals surface area contributed by atoms with E-state index >= 15 is 0 Å². The van der Waals surface area contributed by atoms with Gasteiger partial charge in [-0.15, -0.1) is 0 Å². The number of piperidine rings is 1. The van der Waals surface area contributed by atoms with E-state index in [1.54, 1.807) is 0 Å². The molecule has 1 aliphatic heterocycles. The van der Waals surface area contributed by atoms with Gasteiger partial charge in [0.15, 0.2) is 17.3 Å². The zero-order valence-electron chi connectivity index (χ0n) is 10.0. The monoisotopic (exact) mass is 270 g/mol. The van der Waals surface area contributed by atoms with Crippen molar-refractivity contribution in [2.24, 2.45) is 5.92 Å². The summed E-state index contributed by atoms with van der Waals surface area (Å²) in [7, 11) is 0. The van der Waals surface area contributed by atoms with Crippen LogP contribution in [0, 0.1) is 27.7 Å². The third-order valence-electron chi connectivity index (χ3n) is 3.21. The average Bonchev–Trinajstić information content (AvgIpc) is 2.41. The zero-order valence-corrected chi connectivity index (χ0v) is 10.0.